The molecule has 2 rings (SSSR count). The summed E-state index contributed by atoms with van der Waals surface area (Å²) in [6.07, 6.45) is -2.03. The molecule has 0 aliphatic carbocycles. The number of methoxy groups -OCH3 is 1. The van der Waals surface area contributed by atoms with Gasteiger partial charge in [0.1, 0.15) is 5.75 Å². The van der Waals surface area contributed by atoms with E-state index in [1.54, 1.807) is 6.07 Å². The fraction of sp³-hybridized carbons (Fsp3) is 0.250. The highest BCUT2D eigenvalue weighted by Gasteiger charge is 2.37. The van der Waals surface area contributed by atoms with Gasteiger partial charge in [-0.2, -0.15) is 4.39 Å². The third-order valence-corrected chi connectivity index (χ3v) is 3.14. The lowest BCUT2D eigenvalue weighted by molar-refractivity contribution is -0.152. The molecule has 0 bridgehead atoms. The van der Waals surface area contributed by atoms with Gasteiger partial charge >= 0.3 is 18.2 Å². The Morgan fingerprint density at radius 2 is 2.08 bits per heavy atom. The number of carbonyl (C=O) groups excluding carboxylic acids is 1. The summed E-state index contributed by atoms with van der Waals surface area (Å²) >= 11 is 0. The van der Waals surface area contributed by atoms with Crippen molar-refractivity contribution in [2.24, 2.45) is 0 Å². The second-order valence-electron chi connectivity index (χ2n) is 5.19. The van der Waals surface area contributed by atoms with Crippen molar-refractivity contribution in [3.05, 3.63) is 42.1 Å². The van der Waals surface area contributed by atoms with Gasteiger partial charge in [-0.3, -0.25) is 0 Å². The van der Waals surface area contributed by atoms with Gasteiger partial charge in [0.15, 0.2) is 5.82 Å². The van der Waals surface area contributed by atoms with Gasteiger partial charge in [-0.05, 0) is 18.2 Å². The zero-order valence-corrected chi connectivity index (χ0v) is 13.4. The first-order valence-electron chi connectivity index (χ1n) is 7.10. The highest BCUT2D eigenvalue weighted by atomic mass is 19.3. The van der Waals surface area contributed by atoms with Crippen LogP contribution < -0.4 is 15.8 Å². The lowest BCUT2D eigenvalue weighted by Crippen LogP contribution is -2.35. The number of nitrogen functional groups attached to an aromatic ring is 1. The number of pyridine rings is 1. The van der Waals surface area contributed by atoms with Crippen LogP contribution in [0.4, 0.5) is 30.4 Å². The van der Waals surface area contributed by atoms with Crippen LogP contribution >= 0.6 is 0 Å². The minimum Gasteiger partial charge on any atom is -0.465 e. The number of hydrogen-bond donors (Lipinski definition) is 2. The normalized spacial score (nSPS) is 13.2. The van der Waals surface area contributed by atoms with E-state index >= 15 is 0 Å². The smallest absolute Gasteiger partial charge is 0.339 e. The Morgan fingerprint density at radius 3 is 2.68 bits per heavy atom. The van der Waals surface area contributed by atoms with E-state index in [4.69, 9.17) is 5.73 Å². The number of anilines is 3. The largest absolute Gasteiger partial charge is 0.465 e. The Bertz CT molecular complexity index is 769. The highest BCUT2D eigenvalue weighted by molar-refractivity contribution is 5.91. The molecule has 9 heteroatoms. The molecular weight excluding hydrogens is 339 g/mol. The third kappa shape index (κ3) is 4.52. The number of nitrogens with two attached hydrogens (primary N) is 1. The van der Waals surface area contributed by atoms with Crippen molar-refractivity contribution >= 4 is 23.2 Å². The maximum Gasteiger partial charge on any atom is 0.339 e. The number of benzene rings is 1. The Morgan fingerprint density at radius 1 is 1.36 bits per heavy atom. The Labute approximate surface area is 141 Å². The zero-order valence-electron chi connectivity index (χ0n) is 13.4. The lowest BCUT2D eigenvalue weighted by Gasteiger charge is -2.21. The Hall–Kier alpha value is -2.97. The van der Waals surface area contributed by atoms with Crippen LogP contribution in [0, 0.1) is 0 Å². The molecule has 2 aromatic rings. The molecule has 1 heterocycles. The van der Waals surface area contributed by atoms with Gasteiger partial charge in [0.25, 0.3) is 0 Å². The molecule has 0 saturated heterocycles. The van der Waals surface area contributed by atoms with Gasteiger partial charge in [0, 0.05) is 24.9 Å². The van der Waals surface area contributed by atoms with Crippen molar-refractivity contribution in [2.75, 3.05) is 18.2 Å². The number of halogens is 3. The van der Waals surface area contributed by atoms with E-state index < -0.39 is 18.2 Å². The van der Waals surface area contributed by atoms with Crippen LogP contribution in [-0.2, 0) is 4.74 Å². The van der Waals surface area contributed by atoms with Crippen LogP contribution in [0.5, 0.6) is 5.75 Å². The summed E-state index contributed by atoms with van der Waals surface area (Å²) in [5.41, 5.74) is 6.54. The number of nitrogens with zero attached hydrogens (tertiary/aromatic N) is 1. The van der Waals surface area contributed by atoms with Crippen LogP contribution in [0.25, 0.3) is 0 Å². The number of aromatic nitrogens is 1. The minimum atomic E-state index is -3.30. The third-order valence-electron chi connectivity index (χ3n) is 3.14. The summed E-state index contributed by atoms with van der Waals surface area (Å²) in [6, 6.07) is 7.09. The number of alkyl halides is 3. The molecule has 1 aromatic heterocycles. The second kappa shape index (κ2) is 7.29. The predicted molar refractivity (Wildman–Crippen MR) is 85.9 cm³/mol. The number of hydrogen-bond acceptors (Lipinski definition) is 6. The topological polar surface area (TPSA) is 86.5 Å². The molecule has 0 amide bonds. The molecular formula is C16H16F3N3O3. The summed E-state index contributed by atoms with van der Waals surface area (Å²) in [4.78, 5) is 15.4. The molecule has 3 N–H and O–H groups in total. The maximum atomic E-state index is 13.6. The van der Waals surface area contributed by atoms with Gasteiger partial charge in [0.05, 0.1) is 18.4 Å². The van der Waals surface area contributed by atoms with E-state index in [9.17, 15) is 18.0 Å². The number of ether oxygens (including phenoxy) is 2. The van der Waals surface area contributed by atoms with E-state index in [0.717, 1.165) is 0 Å². The van der Waals surface area contributed by atoms with Crippen LogP contribution in [0.2, 0.25) is 0 Å². The summed E-state index contributed by atoms with van der Waals surface area (Å²) in [6.45, 7) is 0.642. The van der Waals surface area contributed by atoms with Gasteiger partial charge < -0.3 is 20.5 Å². The van der Waals surface area contributed by atoms with Crippen molar-refractivity contribution in [3.8, 4) is 5.75 Å². The molecule has 0 fully saturated rings. The van der Waals surface area contributed by atoms with E-state index in [1.807, 2.05) is 0 Å². The number of rotatable bonds is 6. The molecule has 1 atom stereocenters. The van der Waals surface area contributed by atoms with Crippen molar-refractivity contribution in [1.29, 1.82) is 0 Å². The average molecular weight is 355 g/mol. The molecule has 25 heavy (non-hydrogen) atoms. The van der Waals surface area contributed by atoms with E-state index in [0.29, 0.717) is 12.6 Å². The van der Waals surface area contributed by atoms with Crippen molar-refractivity contribution in [2.45, 2.75) is 19.2 Å². The Kier molecular flexibility index (Phi) is 5.35. The number of esters is 1. The fourth-order valence-electron chi connectivity index (χ4n) is 1.86. The average Bonchev–Trinajstić information content (AvgIpc) is 2.55. The van der Waals surface area contributed by atoms with E-state index in [1.165, 1.54) is 37.6 Å². The maximum absolute atomic E-state index is 13.6. The molecule has 0 radical (unpaired) electrons. The summed E-state index contributed by atoms with van der Waals surface area (Å²) in [7, 11) is 1.23. The molecule has 0 spiro atoms. The quantitative estimate of drug-likeness (QED) is 0.771. The van der Waals surface area contributed by atoms with Crippen molar-refractivity contribution in [3.63, 3.8) is 0 Å². The standard InChI is InChI=1S/C16H16F3N3O3/c1-16(19,15(17)18)25-11-5-3-4-10(7-11)22-13-12(20)6-9(8-21-13)14(23)24-2/h3-8,15H,20H2,1-2H3,(H,21,22). The predicted octanol–water partition coefficient (Wildman–Crippen LogP) is 3.52. The zero-order chi connectivity index (χ0) is 18.6. The van der Waals surface area contributed by atoms with Crippen LogP contribution in [0.3, 0.4) is 0 Å². The van der Waals surface area contributed by atoms with Gasteiger partial charge in [0.2, 0.25) is 0 Å². The van der Waals surface area contributed by atoms with Gasteiger partial charge in [-0.1, -0.05) is 6.07 Å². The van der Waals surface area contributed by atoms with E-state index in [-0.39, 0.29) is 22.8 Å². The van der Waals surface area contributed by atoms with Crippen LogP contribution in [-0.4, -0.2) is 30.3 Å². The summed E-state index contributed by atoms with van der Waals surface area (Å²) < 4.78 is 47.9. The van der Waals surface area contributed by atoms with Crippen LogP contribution in [0.15, 0.2) is 36.5 Å². The molecule has 0 saturated carbocycles. The second-order valence-corrected chi connectivity index (χ2v) is 5.19. The Balaban J connectivity index is 2.18. The number of nitrogens with one attached hydrogen (secondary N) is 1. The highest BCUT2D eigenvalue weighted by Crippen LogP contribution is 2.29. The summed E-state index contributed by atoms with van der Waals surface area (Å²) in [5, 5.41) is 2.83. The van der Waals surface area contributed by atoms with E-state index in [2.05, 4.69) is 19.8 Å². The number of carbonyl (C=O) groups is 1. The molecule has 1 unspecified atom stereocenters. The first kappa shape index (κ1) is 18.4. The minimum absolute atomic E-state index is 0.0972. The SMILES string of the molecule is COC(=O)c1cnc(Nc2cccc(OC(C)(F)C(F)F)c2)c(N)c1. The molecule has 134 valence electrons. The first-order valence-corrected chi connectivity index (χ1v) is 7.10. The van der Waals surface area contributed by atoms with Crippen molar-refractivity contribution in [1.82, 2.24) is 4.98 Å². The van der Waals surface area contributed by atoms with Crippen molar-refractivity contribution < 1.29 is 27.4 Å². The van der Waals surface area contributed by atoms with Gasteiger partial charge in [-0.25, -0.2) is 18.6 Å². The molecule has 0 aliphatic heterocycles. The molecule has 1 aromatic carbocycles. The molecule has 0 aliphatic rings. The first-order chi connectivity index (χ1) is 11.7. The van der Waals surface area contributed by atoms with Crippen LogP contribution in [0.1, 0.15) is 17.3 Å². The summed E-state index contributed by atoms with van der Waals surface area (Å²) in [5.74, 6) is -3.57. The molecule has 6 nitrogen and oxygen atoms in total. The fourth-order valence-corrected chi connectivity index (χ4v) is 1.86. The van der Waals surface area contributed by atoms with Gasteiger partial charge in [-0.15, -0.1) is 0 Å². The lowest BCUT2D eigenvalue weighted by atomic mass is 10.2. The monoisotopic (exact) mass is 355 g/mol.